The standard InChI is InChI=1S/C17H12N2O4/c20-17(23-12-6-2-1-3-7-12)18-15-10-11-16(19(21)22)14-9-5-4-8-13(14)15/h1-11H,(H,18,20). The van der Waals surface area contributed by atoms with Crippen LogP contribution in [-0.2, 0) is 0 Å². The Hall–Kier alpha value is -3.41. The number of rotatable bonds is 3. The first kappa shape index (κ1) is 14.5. The second-order valence-corrected chi connectivity index (χ2v) is 4.76. The lowest BCUT2D eigenvalue weighted by atomic mass is 10.1. The molecule has 3 aromatic carbocycles. The van der Waals surface area contributed by atoms with Gasteiger partial charge in [-0.1, -0.05) is 36.4 Å². The molecule has 0 aliphatic rings. The highest BCUT2D eigenvalue weighted by atomic mass is 16.6. The fourth-order valence-electron chi connectivity index (χ4n) is 2.28. The third-order valence-electron chi connectivity index (χ3n) is 3.29. The van der Waals surface area contributed by atoms with E-state index < -0.39 is 11.0 Å². The Morgan fingerprint density at radius 2 is 1.57 bits per heavy atom. The number of non-ortho nitro benzene ring substituents is 1. The minimum atomic E-state index is -0.657. The summed E-state index contributed by atoms with van der Waals surface area (Å²) in [7, 11) is 0. The van der Waals surface area contributed by atoms with Gasteiger partial charge in [-0.15, -0.1) is 0 Å². The lowest BCUT2D eigenvalue weighted by Gasteiger charge is -2.09. The van der Waals surface area contributed by atoms with Gasteiger partial charge in [-0.25, -0.2) is 4.79 Å². The van der Waals surface area contributed by atoms with Crippen LogP contribution in [0.2, 0.25) is 0 Å². The first-order chi connectivity index (χ1) is 11.1. The van der Waals surface area contributed by atoms with Crippen LogP contribution in [0.4, 0.5) is 16.2 Å². The number of hydrogen-bond donors (Lipinski definition) is 1. The maximum absolute atomic E-state index is 12.0. The normalized spacial score (nSPS) is 10.3. The Balaban J connectivity index is 1.90. The van der Waals surface area contributed by atoms with Gasteiger partial charge in [0.05, 0.1) is 16.0 Å². The average molecular weight is 308 g/mol. The van der Waals surface area contributed by atoms with Gasteiger partial charge in [0.2, 0.25) is 0 Å². The Morgan fingerprint density at radius 1 is 0.913 bits per heavy atom. The summed E-state index contributed by atoms with van der Waals surface area (Å²) >= 11 is 0. The van der Waals surface area contributed by atoms with Crippen LogP contribution in [0.25, 0.3) is 10.8 Å². The van der Waals surface area contributed by atoms with Crippen molar-refractivity contribution < 1.29 is 14.5 Å². The number of hydrogen-bond acceptors (Lipinski definition) is 4. The first-order valence-corrected chi connectivity index (χ1v) is 6.85. The zero-order valence-corrected chi connectivity index (χ0v) is 11.9. The van der Waals surface area contributed by atoms with Crippen molar-refractivity contribution in [2.24, 2.45) is 0 Å². The zero-order valence-electron chi connectivity index (χ0n) is 11.9. The van der Waals surface area contributed by atoms with Crippen molar-refractivity contribution in [1.82, 2.24) is 0 Å². The lowest BCUT2D eigenvalue weighted by molar-refractivity contribution is -0.383. The molecule has 0 atom stereocenters. The quantitative estimate of drug-likeness (QED) is 0.575. The predicted molar refractivity (Wildman–Crippen MR) is 86.7 cm³/mol. The van der Waals surface area contributed by atoms with E-state index in [1.807, 2.05) is 6.07 Å². The number of fused-ring (bicyclic) bond motifs is 1. The van der Waals surface area contributed by atoms with Crippen LogP contribution in [-0.4, -0.2) is 11.0 Å². The topological polar surface area (TPSA) is 81.5 Å². The summed E-state index contributed by atoms with van der Waals surface area (Å²) in [6.07, 6.45) is -0.657. The van der Waals surface area contributed by atoms with Gasteiger partial charge in [0.15, 0.2) is 0 Å². The largest absolute Gasteiger partial charge is 0.417 e. The van der Waals surface area contributed by atoms with E-state index in [0.717, 1.165) is 0 Å². The second-order valence-electron chi connectivity index (χ2n) is 4.76. The monoisotopic (exact) mass is 308 g/mol. The number of nitro benzene ring substituents is 1. The summed E-state index contributed by atoms with van der Waals surface area (Å²) in [6, 6.07) is 18.3. The molecule has 0 saturated heterocycles. The fourth-order valence-corrected chi connectivity index (χ4v) is 2.28. The molecule has 0 aliphatic heterocycles. The number of para-hydroxylation sites is 1. The molecular weight excluding hydrogens is 296 g/mol. The molecule has 0 bridgehead atoms. The molecule has 3 rings (SSSR count). The fraction of sp³-hybridized carbons (Fsp3) is 0. The third-order valence-corrected chi connectivity index (χ3v) is 3.29. The SMILES string of the molecule is O=C(Nc1ccc([N+](=O)[O-])c2ccccc12)Oc1ccccc1. The van der Waals surface area contributed by atoms with E-state index in [9.17, 15) is 14.9 Å². The molecule has 0 fully saturated rings. The summed E-state index contributed by atoms with van der Waals surface area (Å²) in [4.78, 5) is 22.6. The van der Waals surface area contributed by atoms with Gasteiger partial charge in [0.1, 0.15) is 5.75 Å². The van der Waals surface area contributed by atoms with Crippen molar-refractivity contribution in [2.45, 2.75) is 0 Å². The van der Waals surface area contributed by atoms with Crippen molar-refractivity contribution in [1.29, 1.82) is 0 Å². The molecule has 0 aliphatic carbocycles. The van der Waals surface area contributed by atoms with Crippen molar-refractivity contribution >= 4 is 28.2 Å². The summed E-state index contributed by atoms with van der Waals surface area (Å²) in [5.74, 6) is 0.413. The Bertz CT molecular complexity index is 878. The highest BCUT2D eigenvalue weighted by Crippen LogP contribution is 2.31. The number of ether oxygens (including phenoxy) is 1. The minimum absolute atomic E-state index is 0.0115. The first-order valence-electron chi connectivity index (χ1n) is 6.85. The smallest absolute Gasteiger partial charge is 0.410 e. The molecule has 6 nitrogen and oxygen atoms in total. The van der Waals surface area contributed by atoms with Crippen LogP contribution in [0, 0.1) is 10.1 Å². The van der Waals surface area contributed by atoms with Crippen LogP contribution >= 0.6 is 0 Å². The van der Waals surface area contributed by atoms with Gasteiger partial charge >= 0.3 is 6.09 Å². The number of nitrogens with zero attached hydrogens (tertiary/aromatic N) is 1. The number of nitrogens with one attached hydrogen (secondary N) is 1. The molecule has 0 saturated carbocycles. The van der Waals surface area contributed by atoms with E-state index in [1.54, 1.807) is 48.5 Å². The number of amides is 1. The summed E-state index contributed by atoms with van der Waals surface area (Å²) in [5.41, 5.74) is 0.440. The van der Waals surface area contributed by atoms with Crippen LogP contribution < -0.4 is 10.1 Å². The van der Waals surface area contributed by atoms with E-state index in [1.165, 1.54) is 12.1 Å². The molecule has 1 N–H and O–H groups in total. The lowest BCUT2D eigenvalue weighted by Crippen LogP contribution is -2.16. The number of anilines is 1. The average Bonchev–Trinajstić information content (AvgIpc) is 2.55. The number of carbonyl (C=O) groups is 1. The maximum atomic E-state index is 12.0. The molecule has 1 amide bonds. The van der Waals surface area contributed by atoms with Gasteiger partial charge in [-0.2, -0.15) is 0 Å². The molecule has 6 heteroatoms. The molecule has 3 aromatic rings. The third kappa shape index (κ3) is 3.11. The summed E-state index contributed by atoms with van der Waals surface area (Å²) in [6.45, 7) is 0. The van der Waals surface area contributed by atoms with Crippen LogP contribution in [0.5, 0.6) is 5.75 Å². The Kier molecular flexibility index (Phi) is 3.88. The van der Waals surface area contributed by atoms with E-state index in [2.05, 4.69) is 5.32 Å². The van der Waals surface area contributed by atoms with Gasteiger partial charge in [0.25, 0.3) is 5.69 Å². The highest BCUT2D eigenvalue weighted by Gasteiger charge is 2.15. The maximum Gasteiger partial charge on any atom is 0.417 e. The molecule has 0 unspecified atom stereocenters. The van der Waals surface area contributed by atoms with Crippen LogP contribution in [0.3, 0.4) is 0 Å². The van der Waals surface area contributed by atoms with E-state index in [4.69, 9.17) is 4.74 Å². The van der Waals surface area contributed by atoms with Gasteiger partial charge in [-0.3, -0.25) is 15.4 Å². The molecule has 0 heterocycles. The van der Waals surface area contributed by atoms with E-state index in [-0.39, 0.29) is 5.69 Å². The Labute approximate surface area is 131 Å². The number of benzene rings is 3. The van der Waals surface area contributed by atoms with Crippen molar-refractivity contribution in [3.63, 3.8) is 0 Å². The Morgan fingerprint density at radius 3 is 2.26 bits per heavy atom. The molecule has 114 valence electrons. The zero-order chi connectivity index (χ0) is 16.2. The predicted octanol–water partition coefficient (Wildman–Crippen LogP) is 4.36. The van der Waals surface area contributed by atoms with Gasteiger partial charge in [-0.05, 0) is 24.3 Å². The second kappa shape index (κ2) is 6.15. The van der Waals surface area contributed by atoms with E-state index >= 15 is 0 Å². The molecular formula is C17H12N2O4. The molecule has 0 radical (unpaired) electrons. The van der Waals surface area contributed by atoms with Gasteiger partial charge < -0.3 is 4.74 Å². The molecule has 0 aromatic heterocycles. The number of carbonyl (C=O) groups excluding carboxylic acids is 1. The summed E-state index contributed by atoms with van der Waals surface area (Å²) in [5, 5.41) is 14.7. The minimum Gasteiger partial charge on any atom is -0.410 e. The van der Waals surface area contributed by atoms with Crippen LogP contribution in [0.15, 0.2) is 66.7 Å². The molecule has 23 heavy (non-hydrogen) atoms. The molecule has 0 spiro atoms. The van der Waals surface area contributed by atoms with Crippen molar-refractivity contribution in [2.75, 3.05) is 5.32 Å². The number of nitro groups is 1. The highest BCUT2D eigenvalue weighted by molar-refractivity contribution is 6.04. The van der Waals surface area contributed by atoms with Gasteiger partial charge in [0, 0.05) is 11.5 Å². The van der Waals surface area contributed by atoms with Crippen molar-refractivity contribution in [3.8, 4) is 5.75 Å². The van der Waals surface area contributed by atoms with Crippen molar-refractivity contribution in [3.05, 3.63) is 76.8 Å². The van der Waals surface area contributed by atoms with Crippen LogP contribution in [0.1, 0.15) is 0 Å². The summed E-state index contributed by atoms with van der Waals surface area (Å²) < 4.78 is 5.16. The van der Waals surface area contributed by atoms with E-state index in [0.29, 0.717) is 22.2 Å².